The molecule has 0 radical (unpaired) electrons. The summed E-state index contributed by atoms with van der Waals surface area (Å²) >= 11 is 1.49. The van der Waals surface area contributed by atoms with E-state index in [1.807, 2.05) is 13.0 Å². The highest BCUT2D eigenvalue weighted by molar-refractivity contribution is 7.92. The average molecular weight is 546 g/mol. The van der Waals surface area contributed by atoms with Crippen molar-refractivity contribution in [3.63, 3.8) is 0 Å². The molecule has 9 nitrogen and oxygen atoms in total. The minimum atomic E-state index is -4.00. The van der Waals surface area contributed by atoms with E-state index in [2.05, 4.69) is 21.7 Å². The first-order valence-electron chi connectivity index (χ1n) is 11.9. The van der Waals surface area contributed by atoms with Crippen LogP contribution in [0.25, 0.3) is 10.4 Å². The van der Waals surface area contributed by atoms with E-state index in [0.717, 1.165) is 47.3 Å². The van der Waals surface area contributed by atoms with Crippen LogP contribution in [0.15, 0.2) is 47.4 Å². The van der Waals surface area contributed by atoms with Gasteiger partial charge < -0.3 is 19.5 Å². The van der Waals surface area contributed by atoms with Crippen molar-refractivity contribution >= 4 is 38.1 Å². The van der Waals surface area contributed by atoms with Gasteiger partial charge in [0.25, 0.3) is 10.0 Å². The number of sulfonamides is 1. The first-order chi connectivity index (χ1) is 17.7. The number of methoxy groups -OCH3 is 2. The molecule has 0 amide bonds. The SMILES string of the molecule is COC(=O)c1ccc(NS(=O)(=O)c2cc(-c3sc(NC(C)C4CCOCC4)nc3C)ccc2OC)cc1. The zero-order chi connectivity index (χ0) is 26.6. The summed E-state index contributed by atoms with van der Waals surface area (Å²) in [4.78, 5) is 17.2. The number of carbonyl (C=O) groups excluding carboxylic acids is 1. The van der Waals surface area contributed by atoms with E-state index in [9.17, 15) is 13.2 Å². The van der Waals surface area contributed by atoms with Crippen molar-refractivity contribution < 1.29 is 27.4 Å². The van der Waals surface area contributed by atoms with Gasteiger partial charge in [-0.2, -0.15) is 0 Å². The molecule has 1 saturated heterocycles. The highest BCUT2D eigenvalue weighted by atomic mass is 32.2. The molecule has 3 aromatic rings. The molecule has 2 N–H and O–H groups in total. The number of ether oxygens (including phenoxy) is 3. The number of thiazole rings is 1. The molecule has 1 atom stereocenters. The summed E-state index contributed by atoms with van der Waals surface area (Å²) in [5.74, 6) is 0.239. The molecule has 2 aromatic carbocycles. The van der Waals surface area contributed by atoms with E-state index in [1.165, 1.54) is 49.8 Å². The maximum atomic E-state index is 13.3. The average Bonchev–Trinajstić information content (AvgIpc) is 3.28. The van der Waals surface area contributed by atoms with Crippen molar-refractivity contribution in [1.29, 1.82) is 0 Å². The van der Waals surface area contributed by atoms with Crippen LogP contribution in [-0.4, -0.2) is 52.8 Å². The number of nitrogens with one attached hydrogen (secondary N) is 2. The lowest BCUT2D eigenvalue weighted by molar-refractivity contribution is 0.0600. The number of aryl methyl sites for hydroxylation is 1. The summed E-state index contributed by atoms with van der Waals surface area (Å²) in [6, 6.07) is 11.3. The number of hydrogen-bond donors (Lipinski definition) is 2. The van der Waals surface area contributed by atoms with Gasteiger partial charge in [-0.1, -0.05) is 11.3 Å². The van der Waals surface area contributed by atoms with Crippen LogP contribution in [0, 0.1) is 12.8 Å². The van der Waals surface area contributed by atoms with Crippen molar-refractivity contribution in [3.8, 4) is 16.2 Å². The molecular formula is C26H31N3O6S2. The number of carbonyl (C=O) groups is 1. The van der Waals surface area contributed by atoms with Crippen LogP contribution >= 0.6 is 11.3 Å². The number of hydrogen-bond acceptors (Lipinski definition) is 9. The Kier molecular flexibility index (Phi) is 8.35. The second-order valence-electron chi connectivity index (χ2n) is 8.86. The summed E-state index contributed by atoms with van der Waals surface area (Å²) in [7, 11) is -1.29. The molecule has 0 aliphatic carbocycles. The molecule has 1 fully saturated rings. The van der Waals surface area contributed by atoms with Crippen LogP contribution in [0.1, 0.15) is 35.8 Å². The minimum Gasteiger partial charge on any atom is -0.495 e. The maximum absolute atomic E-state index is 13.3. The van der Waals surface area contributed by atoms with Crippen LogP contribution in [-0.2, 0) is 19.5 Å². The minimum absolute atomic E-state index is 0.00225. The third-order valence-electron chi connectivity index (χ3n) is 6.39. The van der Waals surface area contributed by atoms with Gasteiger partial charge in [0.1, 0.15) is 10.6 Å². The summed E-state index contributed by atoms with van der Waals surface area (Å²) in [5, 5.41) is 4.32. The van der Waals surface area contributed by atoms with Crippen molar-refractivity contribution in [3.05, 3.63) is 53.7 Å². The van der Waals surface area contributed by atoms with E-state index < -0.39 is 16.0 Å². The first-order valence-corrected chi connectivity index (χ1v) is 14.2. The van der Waals surface area contributed by atoms with Gasteiger partial charge in [0.15, 0.2) is 5.13 Å². The number of esters is 1. The lowest BCUT2D eigenvalue weighted by Crippen LogP contribution is -2.30. The Labute approximate surface area is 221 Å². The van der Waals surface area contributed by atoms with E-state index >= 15 is 0 Å². The molecule has 1 aromatic heterocycles. The van der Waals surface area contributed by atoms with E-state index in [-0.39, 0.29) is 16.7 Å². The van der Waals surface area contributed by atoms with Crippen molar-refractivity contribution in [2.75, 3.05) is 37.5 Å². The van der Waals surface area contributed by atoms with E-state index in [4.69, 9.17) is 14.5 Å². The van der Waals surface area contributed by atoms with Crippen LogP contribution in [0.5, 0.6) is 5.75 Å². The summed E-state index contributed by atoms with van der Waals surface area (Å²) in [5.41, 5.74) is 2.17. The highest BCUT2D eigenvalue weighted by Gasteiger charge is 2.24. The van der Waals surface area contributed by atoms with Crippen LogP contribution in [0.4, 0.5) is 10.8 Å². The van der Waals surface area contributed by atoms with Crippen molar-refractivity contribution in [2.24, 2.45) is 5.92 Å². The van der Waals surface area contributed by atoms with Crippen molar-refractivity contribution in [2.45, 2.75) is 37.6 Å². The third kappa shape index (κ3) is 6.23. The Morgan fingerprint density at radius 2 is 1.84 bits per heavy atom. The molecule has 0 spiro atoms. The van der Waals surface area contributed by atoms with Crippen LogP contribution < -0.4 is 14.8 Å². The fourth-order valence-corrected chi connectivity index (χ4v) is 6.60. The summed E-state index contributed by atoms with van der Waals surface area (Å²) < 4.78 is 44.8. The monoisotopic (exact) mass is 545 g/mol. The Morgan fingerprint density at radius 1 is 1.14 bits per heavy atom. The predicted molar refractivity (Wildman–Crippen MR) is 144 cm³/mol. The zero-order valence-corrected chi connectivity index (χ0v) is 22.9. The normalized spacial score (nSPS) is 15.1. The highest BCUT2D eigenvalue weighted by Crippen LogP contribution is 2.37. The number of anilines is 2. The molecule has 1 aliphatic heterocycles. The molecule has 0 bridgehead atoms. The van der Waals surface area contributed by atoms with Gasteiger partial charge in [-0.25, -0.2) is 18.2 Å². The van der Waals surface area contributed by atoms with Gasteiger partial charge in [-0.15, -0.1) is 0 Å². The molecule has 37 heavy (non-hydrogen) atoms. The Hall–Kier alpha value is -3.15. The molecule has 1 unspecified atom stereocenters. The molecular weight excluding hydrogens is 514 g/mol. The fraction of sp³-hybridized carbons (Fsp3) is 0.385. The Bertz CT molecular complexity index is 1350. The molecule has 4 rings (SSSR count). The van der Waals surface area contributed by atoms with Gasteiger partial charge in [-0.05, 0) is 80.6 Å². The lowest BCUT2D eigenvalue weighted by Gasteiger charge is -2.28. The maximum Gasteiger partial charge on any atom is 0.337 e. The molecule has 2 heterocycles. The second kappa shape index (κ2) is 11.5. The molecule has 1 aliphatic rings. The number of benzene rings is 2. The quantitative estimate of drug-likeness (QED) is 0.363. The molecule has 0 saturated carbocycles. The fourth-order valence-electron chi connectivity index (χ4n) is 4.28. The van der Waals surface area contributed by atoms with Gasteiger partial charge in [0.2, 0.25) is 0 Å². The smallest absolute Gasteiger partial charge is 0.337 e. The van der Waals surface area contributed by atoms with Gasteiger partial charge in [-0.3, -0.25) is 4.72 Å². The lowest BCUT2D eigenvalue weighted by atomic mass is 9.93. The number of aromatic nitrogens is 1. The standard InChI is InChI=1S/C26H31N3O6S2/c1-16(18-11-13-35-14-12-18)27-26-28-17(2)24(36-26)20-7-10-22(33-3)23(15-20)37(31,32)29-21-8-5-19(6-9-21)25(30)34-4/h5-10,15-16,18,29H,11-14H2,1-4H3,(H,27,28). The van der Waals surface area contributed by atoms with Crippen molar-refractivity contribution in [1.82, 2.24) is 4.98 Å². The predicted octanol–water partition coefficient (Wildman–Crippen LogP) is 4.94. The summed E-state index contributed by atoms with van der Waals surface area (Å²) in [6.45, 7) is 5.64. The van der Waals surface area contributed by atoms with E-state index in [0.29, 0.717) is 17.2 Å². The number of nitrogens with zero attached hydrogens (tertiary/aromatic N) is 1. The largest absolute Gasteiger partial charge is 0.495 e. The summed E-state index contributed by atoms with van der Waals surface area (Å²) in [6.07, 6.45) is 2.03. The van der Waals surface area contributed by atoms with Crippen LogP contribution in [0.2, 0.25) is 0 Å². The second-order valence-corrected chi connectivity index (χ2v) is 11.5. The third-order valence-corrected chi connectivity index (χ3v) is 8.93. The zero-order valence-electron chi connectivity index (χ0n) is 21.2. The first kappa shape index (κ1) is 26.9. The molecule has 198 valence electrons. The van der Waals surface area contributed by atoms with Gasteiger partial charge >= 0.3 is 5.97 Å². The van der Waals surface area contributed by atoms with Crippen LogP contribution in [0.3, 0.4) is 0 Å². The Balaban J connectivity index is 1.58. The number of rotatable bonds is 9. The Morgan fingerprint density at radius 3 is 2.49 bits per heavy atom. The van der Waals surface area contributed by atoms with Gasteiger partial charge in [0.05, 0.1) is 30.4 Å². The van der Waals surface area contributed by atoms with Gasteiger partial charge in [0, 0.05) is 24.9 Å². The van der Waals surface area contributed by atoms with E-state index in [1.54, 1.807) is 12.1 Å². The topological polar surface area (TPSA) is 116 Å². The molecule has 11 heteroatoms.